The van der Waals surface area contributed by atoms with Crippen molar-refractivity contribution in [2.24, 2.45) is 10.4 Å². The second-order valence-electron chi connectivity index (χ2n) is 9.55. The molecular formula is C25H30N2. The number of benzene rings is 2. The topological polar surface area (TPSA) is 15.6 Å². The van der Waals surface area contributed by atoms with Gasteiger partial charge in [-0.3, -0.25) is 4.99 Å². The van der Waals surface area contributed by atoms with Gasteiger partial charge in [-0.05, 0) is 23.3 Å². The maximum Gasteiger partial charge on any atom is 0.0671 e. The molecule has 0 amide bonds. The number of nitrogens with zero attached hydrogens (tertiary/aromatic N) is 2. The van der Waals surface area contributed by atoms with Crippen molar-refractivity contribution < 1.29 is 0 Å². The van der Waals surface area contributed by atoms with Crippen LogP contribution in [0.5, 0.6) is 0 Å². The summed E-state index contributed by atoms with van der Waals surface area (Å²) in [5, 5.41) is 0. The van der Waals surface area contributed by atoms with Crippen LogP contribution in [0.4, 0.5) is 11.4 Å². The van der Waals surface area contributed by atoms with Gasteiger partial charge >= 0.3 is 0 Å². The standard InChI is InChI=1S/C25H30N2/c1-23(2,22-25(5,6)17-12-8-10-14-19(17)26-22)16-21-24(3,4)18-13-9-11-15-20(18)27(21)7/h8-16H,1-7H3/b21-16+. The first-order valence-corrected chi connectivity index (χ1v) is 9.82. The fourth-order valence-electron chi connectivity index (χ4n) is 5.11. The predicted molar refractivity (Wildman–Crippen MR) is 116 cm³/mol. The van der Waals surface area contributed by atoms with E-state index in [1.54, 1.807) is 0 Å². The summed E-state index contributed by atoms with van der Waals surface area (Å²) in [6, 6.07) is 17.3. The second-order valence-corrected chi connectivity index (χ2v) is 9.55. The SMILES string of the molecule is CN1/C(=C/C(C)(C)C2=Nc3ccccc3C2(C)C)C(C)(C)c2ccccc21. The smallest absolute Gasteiger partial charge is 0.0671 e. The van der Waals surface area contributed by atoms with Crippen LogP contribution in [-0.2, 0) is 10.8 Å². The van der Waals surface area contributed by atoms with Crippen LogP contribution in [0.1, 0.15) is 52.7 Å². The summed E-state index contributed by atoms with van der Waals surface area (Å²) < 4.78 is 0. The van der Waals surface area contributed by atoms with Crippen LogP contribution >= 0.6 is 0 Å². The number of fused-ring (bicyclic) bond motifs is 2. The van der Waals surface area contributed by atoms with Crippen molar-refractivity contribution >= 4 is 17.1 Å². The number of aliphatic imine (C=N–C) groups is 1. The average molecular weight is 359 g/mol. The highest BCUT2D eigenvalue weighted by molar-refractivity contribution is 6.05. The molecule has 2 nitrogen and oxygen atoms in total. The van der Waals surface area contributed by atoms with Crippen molar-refractivity contribution in [2.75, 3.05) is 11.9 Å². The van der Waals surface area contributed by atoms with Crippen molar-refractivity contribution in [3.63, 3.8) is 0 Å². The zero-order valence-electron chi connectivity index (χ0n) is 17.6. The Kier molecular flexibility index (Phi) is 3.72. The molecule has 0 spiro atoms. The highest BCUT2D eigenvalue weighted by atomic mass is 15.2. The molecular weight excluding hydrogens is 328 g/mol. The summed E-state index contributed by atoms with van der Waals surface area (Å²) in [5.41, 5.74) is 7.51. The summed E-state index contributed by atoms with van der Waals surface area (Å²) in [5.74, 6) is 0. The van der Waals surface area contributed by atoms with E-state index >= 15 is 0 Å². The molecule has 2 aromatic rings. The van der Waals surface area contributed by atoms with Crippen molar-refractivity contribution in [3.05, 3.63) is 71.4 Å². The van der Waals surface area contributed by atoms with Gasteiger partial charge in [-0.2, -0.15) is 0 Å². The molecule has 2 aliphatic rings. The van der Waals surface area contributed by atoms with E-state index in [4.69, 9.17) is 4.99 Å². The van der Waals surface area contributed by atoms with E-state index in [0.717, 1.165) is 5.69 Å². The number of anilines is 1. The van der Waals surface area contributed by atoms with Gasteiger partial charge in [0.25, 0.3) is 0 Å². The lowest BCUT2D eigenvalue weighted by Crippen LogP contribution is -2.38. The van der Waals surface area contributed by atoms with Crippen LogP contribution in [0.25, 0.3) is 0 Å². The largest absolute Gasteiger partial charge is 0.347 e. The molecule has 0 bridgehead atoms. The van der Waals surface area contributed by atoms with E-state index in [2.05, 4.69) is 108 Å². The average Bonchev–Trinajstić information content (AvgIpc) is 3.00. The Hall–Kier alpha value is -2.35. The zero-order chi connectivity index (χ0) is 19.6. The molecule has 0 saturated carbocycles. The molecule has 4 rings (SSSR count). The summed E-state index contributed by atoms with van der Waals surface area (Å²) in [7, 11) is 2.19. The van der Waals surface area contributed by atoms with E-state index in [0.29, 0.717) is 0 Å². The van der Waals surface area contributed by atoms with Gasteiger partial charge in [0.2, 0.25) is 0 Å². The Morgan fingerprint density at radius 2 is 1.44 bits per heavy atom. The van der Waals surface area contributed by atoms with Crippen LogP contribution < -0.4 is 4.90 Å². The van der Waals surface area contributed by atoms with Crippen molar-refractivity contribution in [3.8, 4) is 0 Å². The lowest BCUT2D eigenvalue weighted by molar-refractivity contribution is 0.566. The highest BCUT2D eigenvalue weighted by Gasteiger charge is 2.45. The molecule has 2 heterocycles. The van der Waals surface area contributed by atoms with E-state index < -0.39 is 0 Å². The molecule has 2 aromatic carbocycles. The zero-order valence-corrected chi connectivity index (χ0v) is 17.6. The molecule has 27 heavy (non-hydrogen) atoms. The van der Waals surface area contributed by atoms with Gasteiger partial charge in [0.1, 0.15) is 0 Å². The summed E-state index contributed by atoms with van der Waals surface area (Å²) >= 11 is 0. The first-order chi connectivity index (χ1) is 12.6. The second kappa shape index (κ2) is 5.58. The molecule has 0 saturated heterocycles. The maximum absolute atomic E-state index is 5.09. The number of rotatable bonds is 2. The van der Waals surface area contributed by atoms with Crippen LogP contribution in [-0.4, -0.2) is 12.8 Å². The van der Waals surface area contributed by atoms with Gasteiger partial charge in [0, 0.05) is 40.4 Å². The molecule has 0 fully saturated rings. The van der Waals surface area contributed by atoms with E-state index in [-0.39, 0.29) is 16.2 Å². The minimum Gasteiger partial charge on any atom is -0.347 e. The molecule has 2 heteroatoms. The van der Waals surface area contributed by atoms with Crippen molar-refractivity contribution in [1.29, 1.82) is 0 Å². The van der Waals surface area contributed by atoms with Gasteiger partial charge in [0.15, 0.2) is 0 Å². The number of likely N-dealkylation sites (N-methyl/N-ethyl adjacent to an activating group) is 1. The minimum absolute atomic E-state index is 0.0151. The molecule has 0 aromatic heterocycles. The number of para-hydroxylation sites is 2. The lowest BCUT2D eigenvalue weighted by Gasteiger charge is -2.35. The van der Waals surface area contributed by atoms with Crippen LogP contribution in [0.2, 0.25) is 0 Å². The summed E-state index contributed by atoms with van der Waals surface area (Å²) in [4.78, 5) is 7.45. The predicted octanol–water partition coefficient (Wildman–Crippen LogP) is 6.39. The maximum atomic E-state index is 5.09. The number of hydrogen-bond acceptors (Lipinski definition) is 2. The van der Waals surface area contributed by atoms with Crippen molar-refractivity contribution in [2.45, 2.75) is 52.4 Å². The van der Waals surface area contributed by atoms with E-state index in [9.17, 15) is 0 Å². The fraction of sp³-hybridized carbons (Fsp3) is 0.400. The van der Waals surface area contributed by atoms with Gasteiger partial charge in [0.05, 0.1) is 5.69 Å². The van der Waals surface area contributed by atoms with E-state index in [1.165, 1.54) is 28.2 Å². The molecule has 0 unspecified atom stereocenters. The summed E-state index contributed by atoms with van der Waals surface area (Å²) in [6.45, 7) is 13.9. The van der Waals surface area contributed by atoms with E-state index in [1.807, 2.05) is 0 Å². The van der Waals surface area contributed by atoms with Gasteiger partial charge in [-0.1, -0.05) is 84.0 Å². The molecule has 0 radical (unpaired) electrons. The molecule has 0 atom stereocenters. The Morgan fingerprint density at radius 1 is 0.852 bits per heavy atom. The highest BCUT2D eigenvalue weighted by Crippen LogP contribution is 2.50. The Morgan fingerprint density at radius 3 is 2.07 bits per heavy atom. The third-order valence-corrected chi connectivity index (χ3v) is 6.45. The Bertz CT molecular complexity index is 973. The normalized spacial score (nSPS) is 21.2. The molecule has 140 valence electrons. The quantitative estimate of drug-likeness (QED) is 0.607. The molecule has 0 aliphatic carbocycles. The Labute approximate surface area is 163 Å². The molecule has 0 N–H and O–H groups in total. The van der Waals surface area contributed by atoms with Crippen LogP contribution in [0.15, 0.2) is 65.3 Å². The summed E-state index contributed by atoms with van der Waals surface area (Å²) in [6.07, 6.45) is 2.44. The molecule has 2 aliphatic heterocycles. The first-order valence-electron chi connectivity index (χ1n) is 9.82. The van der Waals surface area contributed by atoms with Crippen molar-refractivity contribution in [1.82, 2.24) is 0 Å². The number of hydrogen-bond donors (Lipinski definition) is 0. The fourth-order valence-corrected chi connectivity index (χ4v) is 5.11. The van der Waals surface area contributed by atoms with Gasteiger partial charge in [-0.15, -0.1) is 0 Å². The Balaban J connectivity index is 1.81. The van der Waals surface area contributed by atoms with Gasteiger partial charge in [-0.25, -0.2) is 0 Å². The van der Waals surface area contributed by atoms with Gasteiger partial charge < -0.3 is 4.90 Å². The van der Waals surface area contributed by atoms with Crippen LogP contribution in [0.3, 0.4) is 0 Å². The monoisotopic (exact) mass is 358 g/mol. The minimum atomic E-state index is -0.147. The van der Waals surface area contributed by atoms with Crippen LogP contribution in [0, 0.1) is 5.41 Å². The first kappa shape index (κ1) is 18.0. The number of allylic oxidation sites excluding steroid dienone is 2. The lowest BCUT2D eigenvalue weighted by atomic mass is 9.69. The third-order valence-electron chi connectivity index (χ3n) is 6.45. The third kappa shape index (κ3) is 2.50.